The van der Waals surface area contributed by atoms with Gasteiger partial charge >= 0.3 is 0 Å². The van der Waals surface area contributed by atoms with Crippen LogP contribution < -0.4 is 10.2 Å². The van der Waals surface area contributed by atoms with E-state index in [0.29, 0.717) is 13.0 Å². The van der Waals surface area contributed by atoms with Crippen LogP contribution in [0, 0.1) is 11.6 Å². The summed E-state index contributed by atoms with van der Waals surface area (Å²) in [5, 5.41) is 2.55. The summed E-state index contributed by atoms with van der Waals surface area (Å²) in [4.78, 5) is 25.4. The number of rotatable bonds is 4. The molecule has 0 spiro atoms. The van der Waals surface area contributed by atoms with Gasteiger partial charge in [-0.05, 0) is 42.7 Å². The number of carbonyl (C=O) groups is 2. The summed E-state index contributed by atoms with van der Waals surface area (Å²) < 4.78 is 27.9. The first-order valence-electron chi connectivity index (χ1n) is 8.18. The van der Waals surface area contributed by atoms with E-state index >= 15 is 0 Å². The highest BCUT2D eigenvalue weighted by Crippen LogP contribution is 2.26. The average Bonchev–Trinajstić information content (AvgIpc) is 2.58. The zero-order valence-corrected chi connectivity index (χ0v) is 13.6. The standard InChI is InChI=1S/C19H18F2N2O2/c20-15-6-2-1-5-13(15)11-18(24)22-14-8-9-17(16(21)12-14)23-10-4-3-7-19(23)25/h1-2,5-6,8-9,12H,3-4,7,10-11H2,(H,22,24). The van der Waals surface area contributed by atoms with Crippen molar-refractivity contribution in [3.05, 3.63) is 59.7 Å². The highest BCUT2D eigenvalue weighted by molar-refractivity contribution is 5.95. The summed E-state index contributed by atoms with van der Waals surface area (Å²) in [5.41, 5.74) is 0.764. The monoisotopic (exact) mass is 344 g/mol. The molecule has 0 saturated carbocycles. The van der Waals surface area contributed by atoms with Gasteiger partial charge < -0.3 is 10.2 Å². The van der Waals surface area contributed by atoms with Crippen molar-refractivity contribution in [3.63, 3.8) is 0 Å². The van der Waals surface area contributed by atoms with Gasteiger partial charge in [0.1, 0.15) is 11.6 Å². The maximum Gasteiger partial charge on any atom is 0.228 e. The van der Waals surface area contributed by atoms with Crippen molar-refractivity contribution in [2.75, 3.05) is 16.8 Å². The van der Waals surface area contributed by atoms with Crippen molar-refractivity contribution in [1.82, 2.24) is 0 Å². The van der Waals surface area contributed by atoms with Gasteiger partial charge in [-0.1, -0.05) is 18.2 Å². The maximum absolute atomic E-state index is 14.3. The lowest BCUT2D eigenvalue weighted by molar-refractivity contribution is -0.119. The molecule has 0 radical (unpaired) electrons. The van der Waals surface area contributed by atoms with E-state index in [1.165, 1.54) is 29.2 Å². The van der Waals surface area contributed by atoms with E-state index in [9.17, 15) is 18.4 Å². The van der Waals surface area contributed by atoms with Gasteiger partial charge in [0, 0.05) is 18.7 Å². The minimum absolute atomic E-state index is 0.0958. The Bertz CT molecular complexity index is 808. The van der Waals surface area contributed by atoms with Gasteiger partial charge in [-0.15, -0.1) is 0 Å². The number of hydrogen-bond donors (Lipinski definition) is 1. The SMILES string of the molecule is O=C(Cc1ccccc1F)Nc1ccc(N2CCCCC2=O)c(F)c1. The van der Waals surface area contributed by atoms with Crippen molar-refractivity contribution in [2.24, 2.45) is 0 Å². The molecule has 1 aliphatic rings. The minimum Gasteiger partial charge on any atom is -0.326 e. The molecule has 0 aromatic heterocycles. The Hall–Kier alpha value is -2.76. The second-order valence-corrected chi connectivity index (χ2v) is 5.99. The summed E-state index contributed by atoms with van der Waals surface area (Å²) >= 11 is 0. The lowest BCUT2D eigenvalue weighted by Gasteiger charge is -2.27. The number of anilines is 2. The Balaban J connectivity index is 1.69. The van der Waals surface area contributed by atoms with Crippen LogP contribution in [0.5, 0.6) is 0 Å². The van der Waals surface area contributed by atoms with Crippen LogP contribution in [0.15, 0.2) is 42.5 Å². The van der Waals surface area contributed by atoms with Crippen molar-refractivity contribution < 1.29 is 18.4 Å². The van der Waals surface area contributed by atoms with E-state index in [1.54, 1.807) is 18.2 Å². The van der Waals surface area contributed by atoms with E-state index in [1.807, 2.05) is 0 Å². The molecule has 3 rings (SSSR count). The van der Waals surface area contributed by atoms with Gasteiger partial charge in [0.15, 0.2) is 0 Å². The number of halogens is 2. The number of hydrogen-bond acceptors (Lipinski definition) is 2. The molecule has 130 valence electrons. The van der Waals surface area contributed by atoms with E-state index in [-0.39, 0.29) is 29.3 Å². The fourth-order valence-electron chi connectivity index (χ4n) is 2.88. The molecule has 1 heterocycles. The second-order valence-electron chi connectivity index (χ2n) is 5.99. The topological polar surface area (TPSA) is 49.4 Å². The first-order chi connectivity index (χ1) is 12.0. The molecule has 1 fully saturated rings. The first kappa shape index (κ1) is 17.1. The van der Waals surface area contributed by atoms with Crippen LogP contribution in [0.1, 0.15) is 24.8 Å². The van der Waals surface area contributed by atoms with Crippen LogP contribution >= 0.6 is 0 Å². The van der Waals surface area contributed by atoms with Crippen molar-refractivity contribution >= 4 is 23.2 Å². The van der Waals surface area contributed by atoms with E-state index in [0.717, 1.165) is 12.8 Å². The first-order valence-corrected chi connectivity index (χ1v) is 8.18. The van der Waals surface area contributed by atoms with Crippen molar-refractivity contribution in [1.29, 1.82) is 0 Å². The molecule has 6 heteroatoms. The number of piperidine rings is 1. The lowest BCUT2D eigenvalue weighted by atomic mass is 10.1. The zero-order valence-electron chi connectivity index (χ0n) is 13.6. The summed E-state index contributed by atoms with van der Waals surface area (Å²) in [6.45, 7) is 0.495. The number of carbonyl (C=O) groups excluding carboxylic acids is 2. The smallest absolute Gasteiger partial charge is 0.228 e. The van der Waals surface area contributed by atoms with Crippen LogP contribution in [0.2, 0.25) is 0 Å². The number of nitrogens with one attached hydrogen (secondary N) is 1. The summed E-state index contributed by atoms with van der Waals surface area (Å²) in [6, 6.07) is 10.2. The van der Waals surface area contributed by atoms with Gasteiger partial charge in [-0.2, -0.15) is 0 Å². The van der Waals surface area contributed by atoms with Crippen molar-refractivity contribution in [2.45, 2.75) is 25.7 Å². The highest BCUT2D eigenvalue weighted by Gasteiger charge is 2.22. The fourth-order valence-corrected chi connectivity index (χ4v) is 2.88. The molecule has 2 aromatic carbocycles. The molecule has 2 aromatic rings. The van der Waals surface area contributed by atoms with Crippen LogP contribution in [0.4, 0.5) is 20.2 Å². The lowest BCUT2D eigenvalue weighted by Crippen LogP contribution is -2.35. The number of benzene rings is 2. The van der Waals surface area contributed by atoms with Gasteiger partial charge in [-0.3, -0.25) is 9.59 Å². The molecule has 1 saturated heterocycles. The number of nitrogens with zero attached hydrogens (tertiary/aromatic N) is 1. The Morgan fingerprint density at radius 1 is 1.08 bits per heavy atom. The predicted molar refractivity (Wildman–Crippen MR) is 91.3 cm³/mol. The summed E-state index contributed by atoms with van der Waals surface area (Å²) in [5.74, 6) is -1.56. The third-order valence-corrected chi connectivity index (χ3v) is 4.15. The molecule has 0 unspecified atom stereocenters. The van der Waals surface area contributed by atoms with Crippen molar-refractivity contribution in [3.8, 4) is 0 Å². The molecular formula is C19H18F2N2O2. The minimum atomic E-state index is -0.570. The molecule has 4 nitrogen and oxygen atoms in total. The Kier molecular flexibility index (Phi) is 5.07. The van der Waals surface area contributed by atoms with E-state index < -0.39 is 17.5 Å². The fraction of sp³-hybridized carbons (Fsp3) is 0.263. The normalized spacial score (nSPS) is 14.5. The van der Waals surface area contributed by atoms with Gasteiger partial charge in [0.2, 0.25) is 11.8 Å². The predicted octanol–water partition coefficient (Wildman–Crippen LogP) is 3.66. The Morgan fingerprint density at radius 2 is 1.88 bits per heavy atom. The Morgan fingerprint density at radius 3 is 2.60 bits per heavy atom. The molecule has 0 atom stereocenters. The van der Waals surface area contributed by atoms with E-state index in [4.69, 9.17) is 0 Å². The van der Waals surface area contributed by atoms with E-state index in [2.05, 4.69) is 5.32 Å². The van der Waals surface area contributed by atoms with Gasteiger partial charge in [0.05, 0.1) is 12.1 Å². The van der Waals surface area contributed by atoms with Crippen LogP contribution in [0.25, 0.3) is 0 Å². The van der Waals surface area contributed by atoms with Gasteiger partial charge in [-0.25, -0.2) is 8.78 Å². The third kappa shape index (κ3) is 4.02. The molecule has 1 aliphatic heterocycles. The quantitative estimate of drug-likeness (QED) is 0.920. The molecule has 25 heavy (non-hydrogen) atoms. The average molecular weight is 344 g/mol. The molecule has 1 N–H and O–H groups in total. The molecule has 0 bridgehead atoms. The number of amides is 2. The molecule has 0 aliphatic carbocycles. The van der Waals surface area contributed by atoms with Crippen LogP contribution in [-0.2, 0) is 16.0 Å². The molecule has 2 amide bonds. The highest BCUT2D eigenvalue weighted by atomic mass is 19.1. The summed E-state index contributed by atoms with van der Waals surface area (Å²) in [6.07, 6.45) is 1.94. The zero-order chi connectivity index (χ0) is 17.8. The second kappa shape index (κ2) is 7.42. The summed E-state index contributed by atoms with van der Waals surface area (Å²) in [7, 11) is 0. The third-order valence-electron chi connectivity index (χ3n) is 4.15. The van der Waals surface area contributed by atoms with Gasteiger partial charge in [0.25, 0.3) is 0 Å². The maximum atomic E-state index is 14.3. The molecular weight excluding hydrogens is 326 g/mol. The largest absolute Gasteiger partial charge is 0.326 e. The van der Waals surface area contributed by atoms with Crippen LogP contribution in [-0.4, -0.2) is 18.4 Å². The Labute approximate surface area is 144 Å². The van der Waals surface area contributed by atoms with Crippen LogP contribution in [0.3, 0.4) is 0 Å².